The second-order valence-corrected chi connectivity index (χ2v) is 4.00. The summed E-state index contributed by atoms with van der Waals surface area (Å²) in [5, 5.41) is 9.18. The van der Waals surface area contributed by atoms with Crippen LogP contribution in [0.4, 0.5) is 0 Å². The van der Waals surface area contributed by atoms with Gasteiger partial charge in [-0.1, -0.05) is 11.6 Å². The summed E-state index contributed by atoms with van der Waals surface area (Å²) < 4.78 is 4.99. The fourth-order valence-corrected chi connectivity index (χ4v) is 1.74. The van der Waals surface area contributed by atoms with Crippen LogP contribution in [0.25, 0.3) is 11.0 Å². The third-order valence-corrected chi connectivity index (χ3v) is 2.57. The topological polar surface area (TPSA) is 84.6 Å². The summed E-state index contributed by atoms with van der Waals surface area (Å²) >= 11 is 0. The smallest absolute Gasteiger partial charge is 0.372 e. The Labute approximate surface area is 102 Å². The molecule has 0 amide bonds. The van der Waals surface area contributed by atoms with Crippen LogP contribution in [0.1, 0.15) is 11.1 Å². The predicted octanol–water partition coefficient (Wildman–Crippen LogP) is 1.30. The van der Waals surface area contributed by atoms with Crippen LogP contribution in [0.5, 0.6) is 0 Å². The van der Waals surface area contributed by atoms with Crippen molar-refractivity contribution in [2.24, 2.45) is 0 Å². The van der Waals surface area contributed by atoms with Crippen LogP contribution in [0.2, 0.25) is 0 Å². The molecule has 0 fully saturated rings. The molecule has 2 rings (SSSR count). The van der Waals surface area contributed by atoms with Gasteiger partial charge in [-0.3, -0.25) is 4.79 Å². The van der Waals surface area contributed by atoms with Crippen LogP contribution < -0.4 is 5.63 Å². The van der Waals surface area contributed by atoms with E-state index in [0.717, 1.165) is 11.6 Å². The van der Waals surface area contributed by atoms with Crippen LogP contribution in [0.15, 0.2) is 33.5 Å². The summed E-state index contributed by atoms with van der Waals surface area (Å²) in [5.74, 6) is -2.47. The van der Waals surface area contributed by atoms with Gasteiger partial charge < -0.3 is 9.52 Å². The van der Waals surface area contributed by atoms with Crippen molar-refractivity contribution in [3.05, 3.63) is 45.8 Å². The lowest BCUT2D eigenvalue weighted by Crippen LogP contribution is -2.16. The van der Waals surface area contributed by atoms with E-state index in [1.165, 1.54) is 0 Å². The molecule has 1 aromatic carbocycles. The molecule has 0 aliphatic rings. The second kappa shape index (κ2) is 4.44. The summed E-state index contributed by atoms with van der Waals surface area (Å²) in [6, 6.07) is 6.31. The van der Waals surface area contributed by atoms with E-state index < -0.39 is 17.4 Å². The summed E-state index contributed by atoms with van der Waals surface area (Å²) in [6.45, 7) is 1.85. The maximum absolute atomic E-state index is 11.3. The second-order valence-electron chi connectivity index (χ2n) is 4.00. The minimum Gasteiger partial charge on any atom is -0.475 e. The van der Waals surface area contributed by atoms with Gasteiger partial charge in [-0.05, 0) is 24.6 Å². The first-order chi connectivity index (χ1) is 8.47. The highest BCUT2D eigenvalue weighted by Crippen LogP contribution is 2.19. The average molecular weight is 246 g/mol. The number of fused-ring (bicyclic) bond motifs is 1. The van der Waals surface area contributed by atoms with Crippen molar-refractivity contribution in [2.75, 3.05) is 0 Å². The SMILES string of the molecule is Cc1ccc2oc(=O)cc(CC(=O)C(=O)O)c2c1. The number of hydrogen-bond acceptors (Lipinski definition) is 4. The number of benzene rings is 1. The van der Waals surface area contributed by atoms with Crippen LogP contribution in [0.3, 0.4) is 0 Å². The first-order valence-corrected chi connectivity index (χ1v) is 5.27. The van der Waals surface area contributed by atoms with Crippen molar-refractivity contribution in [3.63, 3.8) is 0 Å². The Hall–Kier alpha value is -2.43. The maximum atomic E-state index is 11.3. The molecule has 0 atom stereocenters. The number of carbonyl (C=O) groups is 2. The summed E-state index contributed by atoms with van der Waals surface area (Å²) in [7, 11) is 0. The molecule has 18 heavy (non-hydrogen) atoms. The highest BCUT2D eigenvalue weighted by molar-refractivity contribution is 6.33. The van der Waals surface area contributed by atoms with Gasteiger partial charge in [0.05, 0.1) is 0 Å². The number of hydrogen-bond donors (Lipinski definition) is 1. The van der Waals surface area contributed by atoms with Gasteiger partial charge in [-0.25, -0.2) is 9.59 Å². The van der Waals surface area contributed by atoms with Gasteiger partial charge in [0.15, 0.2) is 0 Å². The molecule has 0 unspecified atom stereocenters. The number of carbonyl (C=O) groups excluding carboxylic acids is 1. The van der Waals surface area contributed by atoms with Crippen molar-refractivity contribution < 1.29 is 19.1 Å². The van der Waals surface area contributed by atoms with Gasteiger partial charge >= 0.3 is 11.6 Å². The average Bonchev–Trinajstić information content (AvgIpc) is 2.29. The maximum Gasteiger partial charge on any atom is 0.372 e. The quantitative estimate of drug-likeness (QED) is 0.651. The van der Waals surface area contributed by atoms with E-state index in [2.05, 4.69) is 0 Å². The molecule has 1 N–H and O–H groups in total. The van der Waals surface area contributed by atoms with E-state index in [-0.39, 0.29) is 6.42 Å². The van der Waals surface area contributed by atoms with E-state index >= 15 is 0 Å². The number of carboxylic acids is 1. The molecule has 92 valence electrons. The lowest BCUT2D eigenvalue weighted by Gasteiger charge is -2.04. The van der Waals surface area contributed by atoms with Gasteiger partial charge in [0.1, 0.15) is 5.58 Å². The monoisotopic (exact) mass is 246 g/mol. The Bertz CT molecular complexity index is 696. The van der Waals surface area contributed by atoms with E-state index in [1.807, 2.05) is 6.92 Å². The van der Waals surface area contributed by atoms with Crippen molar-refractivity contribution in [2.45, 2.75) is 13.3 Å². The first-order valence-electron chi connectivity index (χ1n) is 5.27. The number of aryl methyl sites for hydroxylation is 1. The predicted molar refractivity (Wildman–Crippen MR) is 63.6 cm³/mol. The van der Waals surface area contributed by atoms with Gasteiger partial charge in [-0.2, -0.15) is 0 Å². The van der Waals surface area contributed by atoms with Gasteiger partial charge in [-0.15, -0.1) is 0 Å². The zero-order chi connectivity index (χ0) is 13.3. The summed E-state index contributed by atoms with van der Waals surface area (Å²) in [5.41, 5.74) is 1.05. The molecule has 5 nitrogen and oxygen atoms in total. The number of ketones is 1. The molecular formula is C13H10O5. The van der Waals surface area contributed by atoms with Gasteiger partial charge in [0.2, 0.25) is 5.78 Å². The molecule has 0 aliphatic carbocycles. The molecular weight excluding hydrogens is 236 g/mol. The van der Waals surface area contributed by atoms with Crippen LogP contribution >= 0.6 is 0 Å². The van der Waals surface area contributed by atoms with E-state index in [0.29, 0.717) is 16.5 Å². The largest absolute Gasteiger partial charge is 0.475 e. The zero-order valence-corrected chi connectivity index (χ0v) is 9.60. The fraction of sp³-hybridized carbons (Fsp3) is 0.154. The minimum absolute atomic E-state index is 0.319. The lowest BCUT2D eigenvalue weighted by molar-refractivity contribution is -0.148. The molecule has 0 spiro atoms. The van der Waals surface area contributed by atoms with Gasteiger partial charge in [0, 0.05) is 17.9 Å². The van der Waals surface area contributed by atoms with E-state index in [4.69, 9.17) is 9.52 Å². The molecule has 0 saturated heterocycles. The van der Waals surface area contributed by atoms with Gasteiger partial charge in [0.25, 0.3) is 0 Å². The number of carboxylic acid groups (broad SMARTS) is 1. The summed E-state index contributed by atoms with van der Waals surface area (Å²) in [4.78, 5) is 33.1. The molecule has 0 aliphatic heterocycles. The first kappa shape index (κ1) is 12.0. The third kappa shape index (κ3) is 2.29. The fourth-order valence-electron chi connectivity index (χ4n) is 1.74. The lowest BCUT2D eigenvalue weighted by atomic mass is 10.0. The highest BCUT2D eigenvalue weighted by atomic mass is 16.4. The minimum atomic E-state index is -1.51. The number of Topliss-reactive ketones (excluding diaryl/α,β-unsaturated/α-hetero) is 1. The molecule has 5 heteroatoms. The molecule has 0 radical (unpaired) electrons. The van der Waals surface area contributed by atoms with Crippen molar-refractivity contribution in [3.8, 4) is 0 Å². The van der Waals surface area contributed by atoms with E-state index in [1.54, 1.807) is 18.2 Å². The van der Waals surface area contributed by atoms with Crippen molar-refractivity contribution >= 4 is 22.7 Å². The molecule has 0 bridgehead atoms. The number of aliphatic carboxylic acids is 1. The Morgan fingerprint density at radius 2 is 2.00 bits per heavy atom. The Kier molecular flexibility index (Phi) is 2.97. The van der Waals surface area contributed by atoms with Crippen molar-refractivity contribution in [1.82, 2.24) is 0 Å². The highest BCUT2D eigenvalue weighted by Gasteiger charge is 2.15. The molecule has 0 saturated carbocycles. The van der Waals surface area contributed by atoms with Crippen LogP contribution in [-0.4, -0.2) is 16.9 Å². The Morgan fingerprint density at radius 1 is 1.28 bits per heavy atom. The molecule has 2 aromatic rings. The van der Waals surface area contributed by atoms with Crippen LogP contribution in [0, 0.1) is 6.92 Å². The van der Waals surface area contributed by atoms with E-state index in [9.17, 15) is 14.4 Å². The summed E-state index contributed by atoms with van der Waals surface area (Å²) in [6.07, 6.45) is -0.319. The van der Waals surface area contributed by atoms with Crippen molar-refractivity contribution in [1.29, 1.82) is 0 Å². The van der Waals surface area contributed by atoms with Crippen LogP contribution in [-0.2, 0) is 16.0 Å². The number of rotatable bonds is 3. The zero-order valence-electron chi connectivity index (χ0n) is 9.60. The normalized spacial score (nSPS) is 10.5. The Balaban J connectivity index is 2.61. The molecule has 1 aromatic heterocycles. The molecule has 1 heterocycles. The standard InChI is InChI=1S/C13H10O5/c1-7-2-3-11-9(4-7)8(6-12(15)18-11)5-10(14)13(16)17/h2-4,6H,5H2,1H3,(H,16,17). The Morgan fingerprint density at radius 3 is 2.67 bits per heavy atom. The third-order valence-electron chi connectivity index (χ3n) is 2.57.